The summed E-state index contributed by atoms with van der Waals surface area (Å²) in [7, 11) is 0. The van der Waals surface area contributed by atoms with Gasteiger partial charge in [-0.15, -0.1) is 0 Å². The van der Waals surface area contributed by atoms with Crippen LogP contribution in [0.25, 0.3) is 0 Å². The molecule has 0 bridgehead atoms. The number of aromatic nitrogens is 1. The fourth-order valence-electron chi connectivity index (χ4n) is 1.74. The van der Waals surface area contributed by atoms with Crippen LogP contribution < -0.4 is 5.32 Å². The summed E-state index contributed by atoms with van der Waals surface area (Å²) in [5, 5.41) is 12.1. The second-order valence-electron chi connectivity index (χ2n) is 4.15. The van der Waals surface area contributed by atoms with Crippen molar-refractivity contribution in [3.8, 4) is 0 Å². The molecule has 0 aliphatic rings. The molecule has 4 nitrogen and oxygen atoms in total. The Bertz CT molecular complexity index is 489. The summed E-state index contributed by atoms with van der Waals surface area (Å²) in [6.45, 7) is 1.66. The van der Waals surface area contributed by atoms with E-state index in [4.69, 9.17) is 5.11 Å². The van der Waals surface area contributed by atoms with Gasteiger partial charge < -0.3 is 15.4 Å². The highest BCUT2D eigenvalue weighted by Gasteiger charge is 2.01. The van der Waals surface area contributed by atoms with Gasteiger partial charge in [0.15, 0.2) is 0 Å². The minimum absolute atomic E-state index is 0.325. The normalized spacial score (nSPS) is 10.4. The molecule has 0 aliphatic carbocycles. The lowest BCUT2D eigenvalue weighted by Gasteiger charge is -2.04. The third-order valence-electron chi connectivity index (χ3n) is 2.78. The molecule has 2 aromatic rings. The van der Waals surface area contributed by atoms with Crippen LogP contribution in [0, 0.1) is 0 Å². The van der Waals surface area contributed by atoms with Gasteiger partial charge in [-0.3, -0.25) is 0 Å². The molecule has 2 rings (SSSR count). The van der Waals surface area contributed by atoms with Crippen LogP contribution in [-0.4, -0.2) is 22.6 Å². The molecule has 18 heavy (non-hydrogen) atoms. The SMILES string of the molecule is O=C(O)c1ccc(CNCCc2cc[nH]c2)cc1. The van der Waals surface area contributed by atoms with Crippen molar-refractivity contribution in [1.29, 1.82) is 0 Å². The van der Waals surface area contributed by atoms with Gasteiger partial charge >= 0.3 is 5.97 Å². The number of carboxylic acid groups (broad SMARTS) is 1. The first-order valence-corrected chi connectivity index (χ1v) is 5.90. The van der Waals surface area contributed by atoms with Gasteiger partial charge in [-0.05, 0) is 42.3 Å². The van der Waals surface area contributed by atoms with E-state index in [9.17, 15) is 4.79 Å². The van der Waals surface area contributed by atoms with Gasteiger partial charge in [0.1, 0.15) is 0 Å². The molecular weight excluding hydrogens is 228 g/mol. The van der Waals surface area contributed by atoms with E-state index in [2.05, 4.69) is 16.4 Å². The van der Waals surface area contributed by atoms with Crippen LogP contribution in [0.2, 0.25) is 0 Å². The van der Waals surface area contributed by atoms with Gasteiger partial charge in [0, 0.05) is 18.9 Å². The monoisotopic (exact) mass is 244 g/mol. The van der Waals surface area contributed by atoms with Crippen LogP contribution in [0.3, 0.4) is 0 Å². The lowest BCUT2D eigenvalue weighted by atomic mass is 10.1. The van der Waals surface area contributed by atoms with Crippen LogP contribution in [0.1, 0.15) is 21.5 Å². The molecule has 3 N–H and O–H groups in total. The van der Waals surface area contributed by atoms with Crippen molar-refractivity contribution < 1.29 is 9.90 Å². The Morgan fingerprint density at radius 2 is 1.94 bits per heavy atom. The molecule has 4 heteroatoms. The second-order valence-corrected chi connectivity index (χ2v) is 4.15. The van der Waals surface area contributed by atoms with Crippen molar-refractivity contribution in [3.05, 3.63) is 59.4 Å². The summed E-state index contributed by atoms with van der Waals surface area (Å²) < 4.78 is 0. The third-order valence-corrected chi connectivity index (χ3v) is 2.78. The lowest BCUT2D eigenvalue weighted by molar-refractivity contribution is 0.0697. The van der Waals surface area contributed by atoms with Crippen molar-refractivity contribution in [3.63, 3.8) is 0 Å². The number of hydrogen-bond donors (Lipinski definition) is 3. The Labute approximate surface area is 106 Å². The highest BCUT2D eigenvalue weighted by molar-refractivity contribution is 5.87. The van der Waals surface area contributed by atoms with Crippen LogP contribution in [0.5, 0.6) is 0 Å². The largest absolute Gasteiger partial charge is 0.478 e. The Morgan fingerprint density at radius 1 is 1.17 bits per heavy atom. The summed E-state index contributed by atoms with van der Waals surface area (Å²) in [6, 6.07) is 9.00. The maximum absolute atomic E-state index is 10.7. The van der Waals surface area contributed by atoms with Gasteiger partial charge in [0.25, 0.3) is 0 Å². The van der Waals surface area contributed by atoms with Gasteiger partial charge in [-0.2, -0.15) is 0 Å². The molecule has 0 radical (unpaired) electrons. The smallest absolute Gasteiger partial charge is 0.335 e. The summed E-state index contributed by atoms with van der Waals surface area (Å²) in [5.74, 6) is -0.887. The zero-order valence-electron chi connectivity index (χ0n) is 10.0. The van der Waals surface area contributed by atoms with Crippen molar-refractivity contribution in [2.24, 2.45) is 0 Å². The van der Waals surface area contributed by atoms with Gasteiger partial charge in [0.05, 0.1) is 5.56 Å². The summed E-state index contributed by atoms with van der Waals surface area (Å²) in [6.07, 6.45) is 4.89. The molecule has 0 saturated heterocycles. The van der Waals surface area contributed by atoms with E-state index in [-0.39, 0.29) is 0 Å². The maximum atomic E-state index is 10.7. The van der Waals surface area contributed by atoms with E-state index in [0.717, 1.165) is 25.1 Å². The third kappa shape index (κ3) is 3.46. The molecule has 1 heterocycles. The molecule has 0 amide bonds. The number of rotatable bonds is 6. The van der Waals surface area contributed by atoms with E-state index in [1.54, 1.807) is 12.1 Å². The minimum atomic E-state index is -0.887. The molecule has 1 aromatic heterocycles. The number of hydrogen-bond acceptors (Lipinski definition) is 2. The Kier molecular flexibility index (Phi) is 4.15. The van der Waals surface area contributed by atoms with Crippen molar-refractivity contribution >= 4 is 5.97 Å². The number of benzene rings is 1. The van der Waals surface area contributed by atoms with E-state index < -0.39 is 5.97 Å². The van der Waals surface area contributed by atoms with Crippen LogP contribution in [0.4, 0.5) is 0 Å². The van der Waals surface area contributed by atoms with Crippen molar-refractivity contribution in [1.82, 2.24) is 10.3 Å². The Hall–Kier alpha value is -2.07. The molecule has 94 valence electrons. The number of H-pyrrole nitrogens is 1. The summed E-state index contributed by atoms with van der Waals surface area (Å²) >= 11 is 0. The lowest BCUT2D eigenvalue weighted by Crippen LogP contribution is -2.16. The molecular formula is C14H16N2O2. The first-order valence-electron chi connectivity index (χ1n) is 5.90. The predicted molar refractivity (Wildman–Crippen MR) is 69.6 cm³/mol. The molecule has 1 aromatic carbocycles. The number of carboxylic acids is 1. The summed E-state index contributed by atoms with van der Waals surface area (Å²) in [4.78, 5) is 13.7. The fraction of sp³-hybridized carbons (Fsp3) is 0.214. The van der Waals surface area contributed by atoms with E-state index in [1.807, 2.05) is 24.5 Å². The van der Waals surface area contributed by atoms with Gasteiger partial charge in [0.2, 0.25) is 0 Å². The first-order chi connectivity index (χ1) is 8.75. The number of carbonyl (C=O) groups is 1. The molecule has 0 unspecified atom stereocenters. The van der Waals surface area contributed by atoms with Crippen LogP contribution in [-0.2, 0) is 13.0 Å². The average molecular weight is 244 g/mol. The predicted octanol–water partition coefficient (Wildman–Crippen LogP) is 2.05. The molecule has 0 spiro atoms. The van der Waals surface area contributed by atoms with Crippen LogP contribution in [0.15, 0.2) is 42.7 Å². The number of aromatic amines is 1. The average Bonchev–Trinajstić information content (AvgIpc) is 2.88. The van der Waals surface area contributed by atoms with Crippen molar-refractivity contribution in [2.75, 3.05) is 6.54 Å². The van der Waals surface area contributed by atoms with Crippen molar-refractivity contribution in [2.45, 2.75) is 13.0 Å². The second kappa shape index (κ2) is 6.02. The highest BCUT2D eigenvalue weighted by atomic mass is 16.4. The zero-order valence-corrected chi connectivity index (χ0v) is 10.0. The zero-order chi connectivity index (χ0) is 12.8. The van der Waals surface area contributed by atoms with E-state index >= 15 is 0 Å². The highest BCUT2D eigenvalue weighted by Crippen LogP contribution is 2.04. The quantitative estimate of drug-likeness (QED) is 0.681. The summed E-state index contributed by atoms with van der Waals surface area (Å²) in [5.41, 5.74) is 2.70. The topological polar surface area (TPSA) is 65.1 Å². The fourth-order valence-corrected chi connectivity index (χ4v) is 1.74. The Morgan fingerprint density at radius 3 is 2.56 bits per heavy atom. The molecule has 0 aliphatic heterocycles. The number of nitrogens with one attached hydrogen (secondary N) is 2. The van der Waals surface area contributed by atoms with E-state index in [0.29, 0.717) is 5.56 Å². The Balaban J connectivity index is 1.75. The number of aromatic carboxylic acids is 1. The standard InChI is InChI=1S/C14H16N2O2/c17-14(18)13-3-1-11(2-4-13)9-15-7-5-12-6-8-16-10-12/h1-4,6,8,10,15-16H,5,7,9H2,(H,17,18). The van der Waals surface area contributed by atoms with Gasteiger partial charge in [-0.25, -0.2) is 4.79 Å². The maximum Gasteiger partial charge on any atom is 0.335 e. The van der Waals surface area contributed by atoms with Crippen LogP contribution >= 0.6 is 0 Å². The molecule has 0 saturated carbocycles. The van der Waals surface area contributed by atoms with Gasteiger partial charge in [-0.1, -0.05) is 12.1 Å². The molecule has 0 fully saturated rings. The van der Waals surface area contributed by atoms with E-state index in [1.165, 1.54) is 5.56 Å². The minimum Gasteiger partial charge on any atom is -0.478 e. The molecule has 0 atom stereocenters. The first kappa shape index (κ1) is 12.4.